The van der Waals surface area contributed by atoms with Crippen molar-refractivity contribution in [3.05, 3.63) is 22.7 Å². The molecular formula is C11H11BrF3N3O. The van der Waals surface area contributed by atoms with Gasteiger partial charge in [-0.05, 0) is 47.0 Å². The lowest BCUT2D eigenvalue weighted by Crippen LogP contribution is -2.23. The van der Waals surface area contributed by atoms with Gasteiger partial charge in [-0.3, -0.25) is 0 Å². The molecule has 3 N–H and O–H groups in total. The quantitative estimate of drug-likeness (QED) is 0.657. The Hall–Kier alpha value is -1.44. The molecule has 19 heavy (non-hydrogen) atoms. The Balaban J connectivity index is 2.05. The predicted molar refractivity (Wildman–Crippen MR) is 69.1 cm³/mol. The van der Waals surface area contributed by atoms with Gasteiger partial charge in [0.2, 0.25) is 0 Å². The van der Waals surface area contributed by atoms with Crippen molar-refractivity contribution in [1.29, 1.82) is 0 Å². The van der Waals surface area contributed by atoms with E-state index in [1.165, 1.54) is 18.2 Å². The number of halogens is 4. The lowest BCUT2D eigenvalue weighted by Gasteiger charge is -2.12. The van der Waals surface area contributed by atoms with E-state index < -0.39 is 6.36 Å². The van der Waals surface area contributed by atoms with Gasteiger partial charge in [-0.2, -0.15) is 0 Å². The van der Waals surface area contributed by atoms with E-state index in [0.717, 1.165) is 12.8 Å². The second kappa shape index (κ2) is 5.28. The van der Waals surface area contributed by atoms with Crippen LogP contribution in [-0.2, 0) is 0 Å². The van der Waals surface area contributed by atoms with Crippen LogP contribution in [0, 0.1) is 0 Å². The van der Waals surface area contributed by atoms with Crippen LogP contribution < -0.4 is 15.8 Å². The van der Waals surface area contributed by atoms with Crippen molar-refractivity contribution in [1.82, 2.24) is 0 Å². The van der Waals surface area contributed by atoms with Gasteiger partial charge in [-0.15, -0.1) is 13.2 Å². The Morgan fingerprint density at radius 1 is 1.42 bits per heavy atom. The highest BCUT2D eigenvalue weighted by Gasteiger charge is 2.31. The van der Waals surface area contributed by atoms with Gasteiger partial charge >= 0.3 is 6.36 Å². The summed E-state index contributed by atoms with van der Waals surface area (Å²) in [5.74, 6) is -0.0605. The van der Waals surface area contributed by atoms with Gasteiger partial charge in [0.1, 0.15) is 5.75 Å². The van der Waals surface area contributed by atoms with E-state index in [-0.39, 0.29) is 22.2 Å². The van der Waals surface area contributed by atoms with Crippen LogP contribution >= 0.6 is 15.9 Å². The van der Waals surface area contributed by atoms with Crippen molar-refractivity contribution in [3.8, 4) is 5.75 Å². The second-order valence-corrected chi connectivity index (χ2v) is 4.92. The monoisotopic (exact) mass is 337 g/mol. The lowest BCUT2D eigenvalue weighted by atomic mass is 10.3. The summed E-state index contributed by atoms with van der Waals surface area (Å²) in [6.45, 7) is 0. The van der Waals surface area contributed by atoms with E-state index in [1.807, 2.05) is 0 Å². The molecule has 0 unspecified atom stereocenters. The predicted octanol–water partition coefficient (Wildman–Crippen LogP) is 3.24. The number of rotatable bonds is 3. The number of alkyl halides is 3. The highest BCUT2D eigenvalue weighted by Crippen LogP contribution is 2.32. The van der Waals surface area contributed by atoms with Crippen molar-refractivity contribution >= 4 is 27.6 Å². The number of ether oxygens (including phenoxy) is 1. The topological polar surface area (TPSA) is 59.6 Å². The van der Waals surface area contributed by atoms with Crippen LogP contribution in [0.2, 0.25) is 0 Å². The number of nitrogens with two attached hydrogens (primary N) is 1. The van der Waals surface area contributed by atoms with Gasteiger partial charge in [0.15, 0.2) is 5.96 Å². The first kappa shape index (κ1) is 14.0. The van der Waals surface area contributed by atoms with Crippen LogP contribution in [0.15, 0.2) is 27.7 Å². The largest absolute Gasteiger partial charge is 0.573 e. The summed E-state index contributed by atoms with van der Waals surface area (Å²) in [5.41, 5.74) is 6.18. The molecule has 0 atom stereocenters. The summed E-state index contributed by atoms with van der Waals surface area (Å²) >= 11 is 3.01. The number of anilines is 1. The molecule has 0 aliphatic heterocycles. The molecule has 0 bridgehead atoms. The third-order valence-electron chi connectivity index (χ3n) is 2.30. The van der Waals surface area contributed by atoms with Gasteiger partial charge in [0, 0.05) is 5.69 Å². The number of nitrogens with zero attached hydrogens (tertiary/aromatic N) is 1. The van der Waals surface area contributed by atoms with Crippen molar-refractivity contribution in [3.63, 3.8) is 0 Å². The Morgan fingerprint density at radius 2 is 2.11 bits per heavy atom. The minimum atomic E-state index is -4.72. The molecule has 0 radical (unpaired) electrons. The third-order valence-corrected chi connectivity index (χ3v) is 2.92. The fourth-order valence-electron chi connectivity index (χ4n) is 1.37. The molecule has 8 heteroatoms. The smallest absolute Gasteiger partial charge is 0.405 e. The summed E-state index contributed by atoms with van der Waals surface area (Å²) in [5, 5.41) is 2.81. The van der Waals surface area contributed by atoms with E-state index >= 15 is 0 Å². The standard InChI is InChI=1S/C11H11BrF3N3O/c12-8-5-7(18-10(16)17-6-1-2-6)3-4-9(8)19-11(13,14)15/h3-6H,1-2H2,(H3,16,17,18). The summed E-state index contributed by atoms with van der Waals surface area (Å²) < 4.78 is 40.3. The lowest BCUT2D eigenvalue weighted by molar-refractivity contribution is -0.274. The van der Waals surface area contributed by atoms with Gasteiger partial charge < -0.3 is 15.8 Å². The van der Waals surface area contributed by atoms with Gasteiger partial charge in [0.25, 0.3) is 0 Å². The molecular weight excluding hydrogens is 327 g/mol. The van der Waals surface area contributed by atoms with E-state index in [4.69, 9.17) is 5.73 Å². The highest BCUT2D eigenvalue weighted by atomic mass is 79.9. The average Bonchev–Trinajstić information content (AvgIpc) is 3.04. The normalized spacial score (nSPS) is 16.3. The summed E-state index contributed by atoms with van der Waals surface area (Å²) in [6, 6.07) is 4.34. The number of hydrogen-bond donors (Lipinski definition) is 2. The number of aliphatic imine (C=N–C) groups is 1. The Labute approximate surface area is 116 Å². The summed E-state index contributed by atoms with van der Waals surface area (Å²) in [4.78, 5) is 4.15. The van der Waals surface area contributed by atoms with E-state index in [0.29, 0.717) is 5.69 Å². The van der Waals surface area contributed by atoms with E-state index in [9.17, 15) is 13.2 Å². The molecule has 1 aromatic carbocycles. The van der Waals surface area contributed by atoms with Gasteiger partial charge in [0.05, 0.1) is 10.5 Å². The minimum absolute atomic E-state index is 0.175. The number of benzene rings is 1. The molecule has 0 saturated heterocycles. The van der Waals surface area contributed by atoms with Gasteiger partial charge in [-0.1, -0.05) is 0 Å². The highest BCUT2D eigenvalue weighted by molar-refractivity contribution is 9.10. The average molecular weight is 338 g/mol. The van der Waals surface area contributed by atoms with Crippen LogP contribution in [0.5, 0.6) is 5.75 Å². The second-order valence-electron chi connectivity index (χ2n) is 4.06. The fraction of sp³-hybridized carbons (Fsp3) is 0.364. The first-order valence-corrected chi connectivity index (χ1v) is 6.28. The summed E-state index contributed by atoms with van der Waals surface area (Å²) in [7, 11) is 0. The zero-order chi connectivity index (χ0) is 14.0. The Morgan fingerprint density at radius 3 is 2.63 bits per heavy atom. The van der Waals surface area contributed by atoms with Crippen LogP contribution in [0.1, 0.15) is 12.8 Å². The van der Waals surface area contributed by atoms with Crippen LogP contribution in [-0.4, -0.2) is 18.4 Å². The van der Waals surface area contributed by atoms with Crippen molar-refractivity contribution in [2.24, 2.45) is 10.7 Å². The van der Waals surface area contributed by atoms with Crippen LogP contribution in [0.4, 0.5) is 18.9 Å². The molecule has 0 heterocycles. The molecule has 1 aromatic rings. The van der Waals surface area contributed by atoms with Gasteiger partial charge in [-0.25, -0.2) is 4.99 Å². The molecule has 1 saturated carbocycles. The number of hydrogen-bond acceptors (Lipinski definition) is 2. The van der Waals surface area contributed by atoms with Crippen molar-refractivity contribution < 1.29 is 17.9 Å². The van der Waals surface area contributed by atoms with Crippen LogP contribution in [0.25, 0.3) is 0 Å². The zero-order valence-corrected chi connectivity index (χ0v) is 11.3. The molecule has 0 aromatic heterocycles. The maximum absolute atomic E-state index is 12.1. The molecule has 0 spiro atoms. The summed E-state index contributed by atoms with van der Waals surface area (Å²) in [6.07, 6.45) is -2.68. The maximum Gasteiger partial charge on any atom is 0.573 e. The minimum Gasteiger partial charge on any atom is -0.405 e. The molecule has 0 amide bonds. The molecule has 104 valence electrons. The SMILES string of the molecule is NC(=NC1CC1)Nc1ccc(OC(F)(F)F)c(Br)c1. The maximum atomic E-state index is 12.1. The van der Waals surface area contributed by atoms with E-state index in [1.54, 1.807) is 0 Å². The Bertz CT molecular complexity index is 500. The molecule has 1 fully saturated rings. The molecule has 2 rings (SSSR count). The number of guanidine groups is 1. The molecule has 4 nitrogen and oxygen atoms in total. The first-order chi connectivity index (χ1) is 8.83. The van der Waals surface area contributed by atoms with Crippen molar-refractivity contribution in [2.45, 2.75) is 25.2 Å². The fourth-order valence-corrected chi connectivity index (χ4v) is 1.83. The first-order valence-electron chi connectivity index (χ1n) is 5.49. The molecule has 1 aliphatic carbocycles. The van der Waals surface area contributed by atoms with Crippen molar-refractivity contribution in [2.75, 3.05) is 5.32 Å². The molecule has 1 aliphatic rings. The van der Waals surface area contributed by atoms with Crippen LogP contribution in [0.3, 0.4) is 0 Å². The van der Waals surface area contributed by atoms with E-state index in [2.05, 4.69) is 31.0 Å². The Kier molecular flexibility index (Phi) is 3.88. The zero-order valence-electron chi connectivity index (χ0n) is 9.67. The number of nitrogens with one attached hydrogen (secondary N) is 1. The third kappa shape index (κ3) is 4.62.